The smallest absolute Gasteiger partial charge is 0.265 e. The molecule has 1 unspecified atom stereocenters. The van der Waals surface area contributed by atoms with Crippen LogP contribution < -0.4 is 19.5 Å². The molecule has 0 aromatic heterocycles. The molecular weight excluding hydrogens is 210 g/mol. The lowest BCUT2D eigenvalue weighted by atomic mass is 10.1. The van der Waals surface area contributed by atoms with Crippen LogP contribution in [0.2, 0.25) is 0 Å². The summed E-state index contributed by atoms with van der Waals surface area (Å²) < 4.78 is 16.0. The second-order valence-electron chi connectivity index (χ2n) is 3.71. The van der Waals surface area contributed by atoms with Gasteiger partial charge in [-0.1, -0.05) is 6.92 Å². The quantitative estimate of drug-likeness (QED) is 0.781. The van der Waals surface area contributed by atoms with Crippen molar-refractivity contribution in [2.45, 2.75) is 19.4 Å². The highest BCUT2D eigenvalue weighted by molar-refractivity contribution is 5.98. The average Bonchev–Trinajstić information content (AvgIpc) is 2.72. The lowest BCUT2D eigenvalue weighted by molar-refractivity contribution is -0.123. The maximum Gasteiger partial charge on any atom is 0.265 e. The van der Waals surface area contributed by atoms with Crippen molar-refractivity contribution in [1.29, 1.82) is 0 Å². The standard InChI is InChI=1S/C11H11NO4/c1-2-7-11(13)12-6-3-9-10(15-5-14-9)4-8(6)16-7/h3-4,7H,2,5H2,1H3,(H,12,13). The summed E-state index contributed by atoms with van der Waals surface area (Å²) in [5, 5.41) is 2.79. The van der Waals surface area contributed by atoms with Crippen molar-refractivity contribution in [3.63, 3.8) is 0 Å². The molecule has 1 N–H and O–H groups in total. The molecule has 0 radical (unpaired) electrons. The number of hydrogen-bond acceptors (Lipinski definition) is 4. The number of benzene rings is 1. The Morgan fingerprint density at radius 1 is 1.31 bits per heavy atom. The van der Waals surface area contributed by atoms with Crippen molar-refractivity contribution in [3.8, 4) is 17.2 Å². The van der Waals surface area contributed by atoms with Gasteiger partial charge < -0.3 is 19.5 Å². The summed E-state index contributed by atoms with van der Waals surface area (Å²) in [5.74, 6) is 1.81. The van der Waals surface area contributed by atoms with Crippen molar-refractivity contribution in [2.75, 3.05) is 12.1 Å². The second-order valence-corrected chi connectivity index (χ2v) is 3.71. The van der Waals surface area contributed by atoms with Crippen LogP contribution >= 0.6 is 0 Å². The highest BCUT2D eigenvalue weighted by Gasteiger charge is 2.28. The number of nitrogens with one attached hydrogen (secondary N) is 1. The summed E-state index contributed by atoms with van der Waals surface area (Å²) >= 11 is 0. The van der Waals surface area contributed by atoms with Crippen molar-refractivity contribution in [1.82, 2.24) is 0 Å². The molecule has 0 fully saturated rings. The summed E-state index contributed by atoms with van der Waals surface area (Å²) in [7, 11) is 0. The molecule has 0 spiro atoms. The molecule has 1 aromatic carbocycles. The van der Waals surface area contributed by atoms with Crippen molar-refractivity contribution < 1.29 is 19.0 Å². The Morgan fingerprint density at radius 2 is 2.06 bits per heavy atom. The molecule has 16 heavy (non-hydrogen) atoms. The molecule has 1 amide bonds. The molecule has 0 aliphatic carbocycles. The maximum atomic E-state index is 11.6. The van der Waals surface area contributed by atoms with E-state index in [2.05, 4.69) is 5.32 Å². The molecule has 84 valence electrons. The van der Waals surface area contributed by atoms with Gasteiger partial charge in [0.15, 0.2) is 17.6 Å². The summed E-state index contributed by atoms with van der Waals surface area (Å²) in [5.41, 5.74) is 0.638. The first-order valence-corrected chi connectivity index (χ1v) is 5.19. The van der Waals surface area contributed by atoms with Gasteiger partial charge in [0.2, 0.25) is 6.79 Å². The first-order chi connectivity index (χ1) is 7.78. The van der Waals surface area contributed by atoms with Gasteiger partial charge in [0.1, 0.15) is 5.75 Å². The first kappa shape index (κ1) is 9.33. The van der Waals surface area contributed by atoms with E-state index in [0.717, 1.165) is 0 Å². The molecule has 2 aliphatic rings. The van der Waals surface area contributed by atoms with Gasteiger partial charge in [-0.05, 0) is 6.42 Å². The fraction of sp³-hybridized carbons (Fsp3) is 0.364. The second kappa shape index (κ2) is 3.30. The van der Waals surface area contributed by atoms with E-state index in [4.69, 9.17) is 14.2 Å². The fourth-order valence-electron chi connectivity index (χ4n) is 1.81. The van der Waals surface area contributed by atoms with Gasteiger partial charge in [-0.3, -0.25) is 4.79 Å². The predicted molar refractivity (Wildman–Crippen MR) is 55.9 cm³/mol. The molecule has 0 saturated carbocycles. The summed E-state index contributed by atoms with van der Waals surface area (Å²) in [6, 6.07) is 3.47. The third kappa shape index (κ3) is 1.28. The first-order valence-electron chi connectivity index (χ1n) is 5.19. The number of anilines is 1. The number of rotatable bonds is 1. The van der Waals surface area contributed by atoms with Crippen molar-refractivity contribution >= 4 is 11.6 Å². The topological polar surface area (TPSA) is 56.8 Å². The predicted octanol–water partition coefficient (Wildman–Crippen LogP) is 1.52. The van der Waals surface area contributed by atoms with Gasteiger partial charge in [-0.2, -0.15) is 0 Å². The number of carbonyl (C=O) groups excluding carboxylic acids is 1. The Balaban J connectivity index is 2.01. The van der Waals surface area contributed by atoms with E-state index in [1.165, 1.54) is 0 Å². The van der Waals surface area contributed by atoms with Gasteiger partial charge in [-0.15, -0.1) is 0 Å². The van der Waals surface area contributed by atoms with Crippen LogP contribution in [0.15, 0.2) is 12.1 Å². The van der Waals surface area contributed by atoms with Gasteiger partial charge >= 0.3 is 0 Å². The van der Waals surface area contributed by atoms with E-state index in [-0.39, 0.29) is 12.7 Å². The van der Waals surface area contributed by atoms with Gasteiger partial charge in [0.05, 0.1) is 5.69 Å². The molecule has 1 atom stereocenters. The molecule has 2 heterocycles. The largest absolute Gasteiger partial charge is 0.478 e. The molecule has 5 heteroatoms. The van der Waals surface area contributed by atoms with Crippen LogP contribution in [-0.2, 0) is 4.79 Å². The van der Waals surface area contributed by atoms with E-state index < -0.39 is 6.10 Å². The minimum absolute atomic E-state index is 0.117. The van der Waals surface area contributed by atoms with E-state index >= 15 is 0 Å². The zero-order valence-electron chi connectivity index (χ0n) is 8.78. The zero-order chi connectivity index (χ0) is 11.1. The summed E-state index contributed by atoms with van der Waals surface area (Å²) in [6.07, 6.45) is 0.215. The van der Waals surface area contributed by atoms with Crippen molar-refractivity contribution in [3.05, 3.63) is 12.1 Å². The van der Waals surface area contributed by atoms with E-state index in [1.54, 1.807) is 12.1 Å². The van der Waals surface area contributed by atoms with Crippen LogP contribution in [0, 0.1) is 0 Å². The van der Waals surface area contributed by atoms with Gasteiger partial charge in [-0.25, -0.2) is 0 Å². The SMILES string of the molecule is CCC1Oc2cc3c(cc2NC1=O)OCO3. The number of fused-ring (bicyclic) bond motifs is 2. The molecule has 2 aliphatic heterocycles. The Bertz CT molecular complexity index is 458. The fourth-order valence-corrected chi connectivity index (χ4v) is 1.81. The molecule has 1 aromatic rings. The Hall–Kier alpha value is -1.91. The number of amides is 1. The van der Waals surface area contributed by atoms with Crippen LogP contribution in [-0.4, -0.2) is 18.8 Å². The van der Waals surface area contributed by atoms with Crippen LogP contribution in [0.3, 0.4) is 0 Å². The van der Waals surface area contributed by atoms with Gasteiger partial charge in [0.25, 0.3) is 5.91 Å². The number of ether oxygens (including phenoxy) is 3. The minimum atomic E-state index is -0.423. The highest BCUT2D eigenvalue weighted by atomic mass is 16.7. The van der Waals surface area contributed by atoms with Gasteiger partial charge in [0, 0.05) is 12.1 Å². The minimum Gasteiger partial charge on any atom is -0.478 e. The van der Waals surface area contributed by atoms with Crippen LogP contribution in [0.5, 0.6) is 17.2 Å². The van der Waals surface area contributed by atoms with Crippen molar-refractivity contribution in [2.24, 2.45) is 0 Å². The molecule has 0 bridgehead atoms. The van der Waals surface area contributed by atoms with Crippen LogP contribution in [0.25, 0.3) is 0 Å². The van der Waals surface area contributed by atoms with Crippen LogP contribution in [0.4, 0.5) is 5.69 Å². The Kier molecular flexibility index (Phi) is 1.92. The summed E-state index contributed by atoms with van der Waals surface area (Å²) in [4.78, 5) is 11.6. The Labute approximate surface area is 92.3 Å². The molecule has 3 rings (SSSR count). The maximum absolute atomic E-state index is 11.6. The highest BCUT2D eigenvalue weighted by Crippen LogP contribution is 2.42. The average molecular weight is 221 g/mol. The monoisotopic (exact) mass is 221 g/mol. The number of hydrogen-bond donors (Lipinski definition) is 1. The van der Waals surface area contributed by atoms with E-state index in [1.807, 2.05) is 6.92 Å². The lowest BCUT2D eigenvalue weighted by Crippen LogP contribution is -2.36. The Morgan fingerprint density at radius 3 is 2.81 bits per heavy atom. The third-order valence-electron chi connectivity index (χ3n) is 2.67. The molecular formula is C11H11NO4. The van der Waals surface area contributed by atoms with E-state index in [0.29, 0.717) is 29.4 Å². The van der Waals surface area contributed by atoms with E-state index in [9.17, 15) is 4.79 Å². The summed E-state index contributed by atoms with van der Waals surface area (Å²) in [6.45, 7) is 2.12. The van der Waals surface area contributed by atoms with Crippen LogP contribution in [0.1, 0.15) is 13.3 Å². The number of carbonyl (C=O) groups is 1. The molecule has 5 nitrogen and oxygen atoms in total. The zero-order valence-corrected chi connectivity index (χ0v) is 8.78. The normalized spacial score (nSPS) is 21.1. The lowest BCUT2D eigenvalue weighted by Gasteiger charge is -2.25. The molecule has 0 saturated heterocycles. The third-order valence-corrected chi connectivity index (χ3v) is 2.67.